The molecule has 0 aliphatic rings. The molecule has 132 valence electrons. The maximum absolute atomic E-state index is 12.5. The van der Waals surface area contributed by atoms with Crippen molar-refractivity contribution in [3.05, 3.63) is 59.2 Å². The van der Waals surface area contributed by atoms with Crippen LogP contribution in [0.15, 0.2) is 42.5 Å². The van der Waals surface area contributed by atoms with Gasteiger partial charge in [0.2, 0.25) is 0 Å². The average Bonchev–Trinajstić information content (AvgIpc) is 2.58. The van der Waals surface area contributed by atoms with Gasteiger partial charge in [0.15, 0.2) is 5.11 Å². The van der Waals surface area contributed by atoms with Gasteiger partial charge in [-0.15, -0.1) is 0 Å². The van der Waals surface area contributed by atoms with E-state index in [-0.39, 0.29) is 11.0 Å². The van der Waals surface area contributed by atoms with Crippen LogP contribution >= 0.6 is 12.2 Å². The van der Waals surface area contributed by atoms with E-state index in [0.717, 1.165) is 11.3 Å². The van der Waals surface area contributed by atoms with Gasteiger partial charge in [-0.3, -0.25) is 10.1 Å². The number of hydrogen-bond donors (Lipinski definition) is 2. The summed E-state index contributed by atoms with van der Waals surface area (Å²) in [5.41, 5.74) is 3.60. The quantitative estimate of drug-likeness (QED) is 0.612. The minimum absolute atomic E-state index is 0.236. The highest BCUT2D eigenvalue weighted by molar-refractivity contribution is 7.80. The molecular formula is C19H22N2O3S. The molecule has 6 heteroatoms. The molecule has 25 heavy (non-hydrogen) atoms. The van der Waals surface area contributed by atoms with Gasteiger partial charge in [-0.2, -0.15) is 0 Å². The molecule has 0 heterocycles. The highest BCUT2D eigenvalue weighted by atomic mass is 32.1. The number of carbonyl (C=O) groups is 1. The average molecular weight is 358 g/mol. The fraction of sp³-hybridized carbons (Fsp3) is 0.263. The Morgan fingerprint density at radius 3 is 2.56 bits per heavy atom. The molecule has 2 N–H and O–H groups in total. The molecule has 0 saturated carbocycles. The van der Waals surface area contributed by atoms with Crippen LogP contribution in [0, 0.1) is 13.8 Å². The van der Waals surface area contributed by atoms with Crippen LogP contribution in [0.1, 0.15) is 21.5 Å². The van der Waals surface area contributed by atoms with Crippen molar-refractivity contribution in [2.75, 3.05) is 25.6 Å². The predicted molar refractivity (Wildman–Crippen MR) is 103 cm³/mol. The molecule has 0 bridgehead atoms. The van der Waals surface area contributed by atoms with Crippen molar-refractivity contribution in [1.29, 1.82) is 0 Å². The van der Waals surface area contributed by atoms with Crippen LogP contribution in [0.25, 0.3) is 0 Å². The van der Waals surface area contributed by atoms with Crippen molar-refractivity contribution in [2.45, 2.75) is 13.8 Å². The molecule has 0 aliphatic carbocycles. The number of anilines is 1. The lowest BCUT2D eigenvalue weighted by molar-refractivity contribution is 0.0970. The van der Waals surface area contributed by atoms with E-state index in [4.69, 9.17) is 21.7 Å². The monoisotopic (exact) mass is 358 g/mol. The highest BCUT2D eigenvalue weighted by Crippen LogP contribution is 2.18. The minimum atomic E-state index is -0.325. The minimum Gasteiger partial charge on any atom is -0.490 e. The first-order valence-electron chi connectivity index (χ1n) is 7.91. The molecule has 0 aromatic heterocycles. The Morgan fingerprint density at radius 2 is 1.84 bits per heavy atom. The summed E-state index contributed by atoms with van der Waals surface area (Å²) < 4.78 is 10.5. The molecular weight excluding hydrogens is 336 g/mol. The van der Waals surface area contributed by atoms with Gasteiger partial charge in [-0.25, -0.2) is 0 Å². The van der Waals surface area contributed by atoms with Gasteiger partial charge in [0.05, 0.1) is 12.2 Å². The number of rotatable bonds is 6. The molecule has 2 rings (SSSR count). The molecule has 0 aliphatic heterocycles. The lowest BCUT2D eigenvalue weighted by Gasteiger charge is -2.13. The summed E-state index contributed by atoms with van der Waals surface area (Å²) in [7, 11) is 1.60. The first-order chi connectivity index (χ1) is 12.0. The SMILES string of the molecule is COCCOc1ccccc1C(=O)NC(=S)Nc1ccc(C)c(C)c1. The van der Waals surface area contributed by atoms with E-state index < -0.39 is 0 Å². The Labute approximate surface area is 153 Å². The molecule has 1 amide bonds. The standard InChI is InChI=1S/C19H22N2O3S/c1-13-8-9-15(12-14(13)2)20-19(25)21-18(22)16-6-4-5-7-17(16)24-11-10-23-3/h4-9,12H,10-11H2,1-3H3,(H2,20,21,22,25). The zero-order valence-corrected chi connectivity index (χ0v) is 15.4. The zero-order chi connectivity index (χ0) is 18.2. The summed E-state index contributed by atoms with van der Waals surface area (Å²) in [6, 6.07) is 12.9. The predicted octanol–water partition coefficient (Wildman–Crippen LogP) is 3.46. The Kier molecular flexibility index (Phi) is 6.91. The molecule has 0 fully saturated rings. The number of amides is 1. The van der Waals surface area contributed by atoms with E-state index in [1.54, 1.807) is 25.3 Å². The van der Waals surface area contributed by atoms with Crippen LogP contribution in [-0.4, -0.2) is 31.3 Å². The van der Waals surface area contributed by atoms with Gasteiger partial charge in [0.1, 0.15) is 12.4 Å². The van der Waals surface area contributed by atoms with E-state index in [0.29, 0.717) is 24.5 Å². The largest absolute Gasteiger partial charge is 0.490 e. The van der Waals surface area contributed by atoms with Gasteiger partial charge in [0.25, 0.3) is 5.91 Å². The maximum Gasteiger partial charge on any atom is 0.261 e. The van der Waals surface area contributed by atoms with E-state index >= 15 is 0 Å². The Morgan fingerprint density at radius 1 is 1.08 bits per heavy atom. The fourth-order valence-electron chi connectivity index (χ4n) is 2.17. The number of nitrogens with one attached hydrogen (secondary N) is 2. The molecule has 0 saturated heterocycles. The van der Waals surface area contributed by atoms with Crippen LogP contribution < -0.4 is 15.4 Å². The van der Waals surface area contributed by atoms with Crippen LogP contribution in [-0.2, 0) is 4.74 Å². The van der Waals surface area contributed by atoms with Crippen LogP contribution in [0.3, 0.4) is 0 Å². The second-order valence-corrected chi connectivity index (χ2v) is 5.95. The summed E-state index contributed by atoms with van der Waals surface area (Å²) in [6.45, 7) is 4.88. The van der Waals surface area contributed by atoms with Crippen molar-refractivity contribution in [2.24, 2.45) is 0 Å². The van der Waals surface area contributed by atoms with Crippen LogP contribution in [0.5, 0.6) is 5.75 Å². The number of hydrogen-bond acceptors (Lipinski definition) is 4. The summed E-state index contributed by atoms with van der Waals surface area (Å²) in [5, 5.41) is 5.94. The van der Waals surface area contributed by atoms with Crippen LogP contribution in [0.2, 0.25) is 0 Å². The molecule has 0 radical (unpaired) electrons. The number of aryl methyl sites for hydroxylation is 2. The zero-order valence-electron chi connectivity index (χ0n) is 14.6. The number of ether oxygens (including phenoxy) is 2. The van der Waals surface area contributed by atoms with E-state index in [1.807, 2.05) is 38.1 Å². The second kappa shape index (κ2) is 9.15. The first-order valence-corrected chi connectivity index (χ1v) is 8.32. The number of benzene rings is 2. The van der Waals surface area contributed by atoms with Crippen molar-refractivity contribution in [1.82, 2.24) is 5.32 Å². The Hall–Kier alpha value is -2.44. The summed E-state index contributed by atoms with van der Waals surface area (Å²) >= 11 is 5.23. The number of para-hydroxylation sites is 1. The Balaban J connectivity index is 2.01. The molecule has 0 atom stereocenters. The van der Waals surface area contributed by atoms with E-state index in [1.165, 1.54) is 5.56 Å². The number of thiocarbonyl (C=S) groups is 1. The van der Waals surface area contributed by atoms with Crippen molar-refractivity contribution >= 4 is 28.9 Å². The van der Waals surface area contributed by atoms with E-state index in [9.17, 15) is 4.79 Å². The summed E-state index contributed by atoms with van der Waals surface area (Å²) in [4.78, 5) is 12.5. The molecule has 2 aromatic carbocycles. The third kappa shape index (κ3) is 5.55. The first kappa shape index (κ1) is 18.9. The lowest BCUT2D eigenvalue weighted by Crippen LogP contribution is -2.34. The fourth-order valence-corrected chi connectivity index (χ4v) is 2.38. The number of methoxy groups -OCH3 is 1. The lowest BCUT2D eigenvalue weighted by atomic mass is 10.1. The van der Waals surface area contributed by atoms with Gasteiger partial charge < -0.3 is 14.8 Å². The van der Waals surface area contributed by atoms with Gasteiger partial charge in [-0.1, -0.05) is 18.2 Å². The Bertz CT molecular complexity index is 762. The van der Waals surface area contributed by atoms with Crippen molar-refractivity contribution in [3.63, 3.8) is 0 Å². The smallest absolute Gasteiger partial charge is 0.261 e. The third-order valence-corrected chi connectivity index (χ3v) is 3.87. The molecule has 2 aromatic rings. The van der Waals surface area contributed by atoms with Gasteiger partial charge in [0, 0.05) is 12.8 Å². The normalized spacial score (nSPS) is 10.2. The van der Waals surface area contributed by atoms with Gasteiger partial charge >= 0.3 is 0 Å². The summed E-state index contributed by atoms with van der Waals surface area (Å²) in [5.74, 6) is 0.167. The van der Waals surface area contributed by atoms with Gasteiger partial charge in [-0.05, 0) is 61.5 Å². The third-order valence-electron chi connectivity index (χ3n) is 3.67. The topological polar surface area (TPSA) is 59.6 Å². The van der Waals surface area contributed by atoms with E-state index in [2.05, 4.69) is 10.6 Å². The van der Waals surface area contributed by atoms with Crippen molar-refractivity contribution in [3.8, 4) is 5.75 Å². The second-order valence-electron chi connectivity index (χ2n) is 5.54. The maximum atomic E-state index is 12.5. The van der Waals surface area contributed by atoms with Crippen molar-refractivity contribution < 1.29 is 14.3 Å². The molecule has 0 unspecified atom stereocenters. The van der Waals surface area contributed by atoms with Crippen LogP contribution in [0.4, 0.5) is 5.69 Å². The summed E-state index contributed by atoms with van der Waals surface area (Å²) in [6.07, 6.45) is 0. The highest BCUT2D eigenvalue weighted by Gasteiger charge is 2.13. The molecule has 0 spiro atoms. The number of carbonyl (C=O) groups excluding carboxylic acids is 1. The molecule has 5 nitrogen and oxygen atoms in total.